The zero-order valence-electron chi connectivity index (χ0n) is 10.1. The van der Waals surface area contributed by atoms with E-state index in [1.165, 1.54) is 12.6 Å². The van der Waals surface area contributed by atoms with Crippen LogP contribution in [-0.2, 0) is 0 Å². The van der Waals surface area contributed by atoms with Gasteiger partial charge in [-0.15, -0.1) is 0 Å². The van der Waals surface area contributed by atoms with Gasteiger partial charge in [-0.05, 0) is 26.4 Å². The zero-order valence-corrected chi connectivity index (χ0v) is 10.1. The van der Waals surface area contributed by atoms with E-state index in [0.29, 0.717) is 18.3 Å². The van der Waals surface area contributed by atoms with Crippen molar-refractivity contribution in [1.29, 1.82) is 0 Å². The Labute approximate surface area is 101 Å². The Bertz CT molecular complexity index is 362. The van der Waals surface area contributed by atoms with Crippen molar-refractivity contribution < 1.29 is 4.79 Å². The maximum atomic E-state index is 11.9. The number of carbonyl (C=O) groups is 1. The molecule has 1 N–H and O–H groups in total. The fourth-order valence-corrected chi connectivity index (χ4v) is 2.09. The molecular weight excluding hydrogens is 216 g/mol. The normalized spacial score (nSPS) is 20.5. The van der Waals surface area contributed by atoms with Crippen molar-refractivity contribution in [2.75, 3.05) is 26.7 Å². The smallest absolute Gasteiger partial charge is 0.196 e. The van der Waals surface area contributed by atoms with E-state index in [1.807, 2.05) is 7.05 Å². The molecule has 1 unspecified atom stereocenters. The molecule has 1 saturated heterocycles. The number of rotatable bonds is 4. The lowest BCUT2D eigenvalue weighted by Gasteiger charge is -2.30. The third-order valence-corrected chi connectivity index (χ3v) is 3.14. The van der Waals surface area contributed by atoms with Gasteiger partial charge in [0.25, 0.3) is 0 Å². The van der Waals surface area contributed by atoms with Gasteiger partial charge >= 0.3 is 0 Å². The minimum atomic E-state index is 0.0335. The first-order chi connectivity index (χ1) is 8.27. The van der Waals surface area contributed by atoms with Gasteiger partial charge in [0.1, 0.15) is 5.69 Å². The predicted octanol–water partition coefficient (Wildman–Crippen LogP) is 0.343. The van der Waals surface area contributed by atoms with Crippen molar-refractivity contribution in [3.05, 3.63) is 24.3 Å². The zero-order chi connectivity index (χ0) is 12.1. The summed E-state index contributed by atoms with van der Waals surface area (Å²) in [6.45, 7) is 2.46. The van der Waals surface area contributed by atoms with Gasteiger partial charge in [-0.2, -0.15) is 0 Å². The Kier molecular flexibility index (Phi) is 4.17. The highest BCUT2D eigenvalue weighted by molar-refractivity contribution is 5.95. The summed E-state index contributed by atoms with van der Waals surface area (Å²) in [6.07, 6.45) is 6.97. The van der Waals surface area contributed by atoms with Gasteiger partial charge in [-0.1, -0.05) is 0 Å². The van der Waals surface area contributed by atoms with E-state index < -0.39 is 0 Å². The van der Waals surface area contributed by atoms with E-state index in [9.17, 15) is 4.79 Å². The van der Waals surface area contributed by atoms with E-state index in [-0.39, 0.29) is 5.78 Å². The van der Waals surface area contributed by atoms with Crippen molar-refractivity contribution in [3.63, 3.8) is 0 Å². The number of aromatic nitrogens is 2. The molecule has 5 nitrogen and oxygen atoms in total. The molecule has 0 bridgehead atoms. The summed E-state index contributed by atoms with van der Waals surface area (Å²) in [5.41, 5.74) is 0.447. The highest BCUT2D eigenvalue weighted by Crippen LogP contribution is 2.08. The van der Waals surface area contributed by atoms with E-state index >= 15 is 0 Å². The summed E-state index contributed by atoms with van der Waals surface area (Å²) in [5.74, 6) is 0.0335. The molecule has 1 aromatic heterocycles. The summed E-state index contributed by atoms with van der Waals surface area (Å²) < 4.78 is 0. The van der Waals surface area contributed by atoms with Crippen LogP contribution < -0.4 is 5.32 Å². The first-order valence-corrected chi connectivity index (χ1v) is 5.97. The van der Waals surface area contributed by atoms with Crippen molar-refractivity contribution in [1.82, 2.24) is 20.2 Å². The van der Waals surface area contributed by atoms with Crippen LogP contribution in [0.4, 0.5) is 0 Å². The number of hydrogen-bond acceptors (Lipinski definition) is 5. The lowest BCUT2D eigenvalue weighted by Crippen LogP contribution is -2.45. The number of hydrogen-bond donors (Lipinski definition) is 1. The van der Waals surface area contributed by atoms with Crippen LogP contribution in [0, 0.1) is 0 Å². The van der Waals surface area contributed by atoms with E-state index in [4.69, 9.17) is 0 Å². The number of nitrogens with one attached hydrogen (secondary N) is 1. The van der Waals surface area contributed by atoms with E-state index in [2.05, 4.69) is 20.2 Å². The van der Waals surface area contributed by atoms with Crippen LogP contribution in [0.5, 0.6) is 0 Å². The Morgan fingerprint density at radius 3 is 3.12 bits per heavy atom. The monoisotopic (exact) mass is 234 g/mol. The van der Waals surface area contributed by atoms with Crippen LogP contribution in [0.25, 0.3) is 0 Å². The van der Waals surface area contributed by atoms with Crippen LogP contribution in [0.3, 0.4) is 0 Å². The van der Waals surface area contributed by atoms with Crippen molar-refractivity contribution in [2.45, 2.75) is 18.9 Å². The third-order valence-electron chi connectivity index (χ3n) is 3.14. The fourth-order valence-electron chi connectivity index (χ4n) is 2.09. The number of ketones is 1. The van der Waals surface area contributed by atoms with Crippen LogP contribution in [-0.4, -0.2) is 53.4 Å². The summed E-state index contributed by atoms with van der Waals surface area (Å²) >= 11 is 0. The average Bonchev–Trinajstić information content (AvgIpc) is 2.40. The average molecular weight is 234 g/mol. The van der Waals surface area contributed by atoms with Crippen LogP contribution in [0.2, 0.25) is 0 Å². The summed E-state index contributed by atoms with van der Waals surface area (Å²) in [4.78, 5) is 22.0. The standard InChI is InChI=1S/C12H18N4O/c1-16(10-3-2-4-13-7-10)9-12(17)11-8-14-5-6-15-11/h5-6,8,10,13H,2-4,7,9H2,1H3. The molecule has 2 rings (SSSR count). The van der Waals surface area contributed by atoms with Crippen molar-refractivity contribution in [2.24, 2.45) is 0 Å². The van der Waals surface area contributed by atoms with Gasteiger partial charge in [0.05, 0.1) is 12.7 Å². The molecule has 0 aromatic carbocycles. The molecule has 5 heteroatoms. The second-order valence-electron chi connectivity index (χ2n) is 4.43. The van der Waals surface area contributed by atoms with Gasteiger partial charge in [-0.3, -0.25) is 14.7 Å². The van der Waals surface area contributed by atoms with Crippen LogP contribution >= 0.6 is 0 Å². The Morgan fingerprint density at radius 1 is 1.59 bits per heavy atom. The number of nitrogens with zero attached hydrogens (tertiary/aromatic N) is 3. The molecule has 2 heterocycles. The summed E-state index contributed by atoms with van der Waals surface area (Å²) in [5, 5.41) is 3.35. The van der Waals surface area contributed by atoms with E-state index in [1.54, 1.807) is 12.4 Å². The molecule has 0 radical (unpaired) electrons. The number of piperidine rings is 1. The lowest BCUT2D eigenvalue weighted by atomic mass is 10.1. The minimum absolute atomic E-state index is 0.0335. The van der Waals surface area contributed by atoms with Gasteiger partial charge in [0, 0.05) is 25.0 Å². The van der Waals surface area contributed by atoms with Crippen molar-refractivity contribution in [3.8, 4) is 0 Å². The molecule has 1 atom stereocenters. The van der Waals surface area contributed by atoms with Crippen LogP contribution in [0.1, 0.15) is 23.3 Å². The molecule has 0 amide bonds. The minimum Gasteiger partial charge on any atom is -0.315 e. The highest BCUT2D eigenvalue weighted by Gasteiger charge is 2.20. The third kappa shape index (κ3) is 3.31. The molecular formula is C12H18N4O. The molecule has 1 fully saturated rings. The molecule has 1 aromatic rings. The maximum Gasteiger partial charge on any atom is 0.196 e. The molecule has 0 spiro atoms. The predicted molar refractivity (Wildman–Crippen MR) is 64.9 cm³/mol. The molecule has 92 valence electrons. The second-order valence-corrected chi connectivity index (χ2v) is 4.43. The highest BCUT2D eigenvalue weighted by atomic mass is 16.1. The summed E-state index contributed by atoms with van der Waals surface area (Å²) in [7, 11) is 1.99. The summed E-state index contributed by atoms with van der Waals surface area (Å²) in [6, 6.07) is 0.448. The Hall–Kier alpha value is -1.33. The van der Waals surface area contributed by atoms with Gasteiger partial charge < -0.3 is 5.32 Å². The van der Waals surface area contributed by atoms with E-state index in [0.717, 1.165) is 19.5 Å². The molecule has 0 saturated carbocycles. The SMILES string of the molecule is CN(CC(=O)c1cnccn1)C1CCCNC1. The molecule has 1 aliphatic heterocycles. The van der Waals surface area contributed by atoms with Gasteiger partial charge in [-0.25, -0.2) is 4.98 Å². The Balaban J connectivity index is 1.89. The number of Topliss-reactive ketones (excluding diaryl/α,β-unsaturated/α-hetero) is 1. The maximum absolute atomic E-state index is 11.9. The topological polar surface area (TPSA) is 58.1 Å². The second kappa shape index (κ2) is 5.84. The lowest BCUT2D eigenvalue weighted by molar-refractivity contribution is 0.0901. The molecule has 17 heavy (non-hydrogen) atoms. The molecule has 0 aliphatic carbocycles. The largest absolute Gasteiger partial charge is 0.315 e. The number of carbonyl (C=O) groups excluding carboxylic acids is 1. The van der Waals surface area contributed by atoms with Gasteiger partial charge in [0.2, 0.25) is 0 Å². The fraction of sp³-hybridized carbons (Fsp3) is 0.583. The molecule has 1 aliphatic rings. The first kappa shape index (κ1) is 12.1. The first-order valence-electron chi connectivity index (χ1n) is 5.97. The van der Waals surface area contributed by atoms with Gasteiger partial charge in [0.15, 0.2) is 5.78 Å². The Morgan fingerprint density at radius 2 is 2.47 bits per heavy atom. The quantitative estimate of drug-likeness (QED) is 0.761. The van der Waals surface area contributed by atoms with Crippen LogP contribution in [0.15, 0.2) is 18.6 Å². The number of likely N-dealkylation sites (N-methyl/N-ethyl adjacent to an activating group) is 1. The van der Waals surface area contributed by atoms with Crippen molar-refractivity contribution >= 4 is 5.78 Å².